The summed E-state index contributed by atoms with van der Waals surface area (Å²) in [6.07, 6.45) is -2.53. The van der Waals surface area contributed by atoms with Crippen molar-refractivity contribution in [2.45, 2.75) is 38.4 Å². The first-order valence-corrected chi connectivity index (χ1v) is 7.56. The molecule has 1 fully saturated rings. The summed E-state index contributed by atoms with van der Waals surface area (Å²) >= 11 is 5.68. The molecule has 0 amide bonds. The standard InChI is InChI=1S/C15H20ClF3N2/c1-3-14(4-2)10-21(8-7-20-14)11-5-6-13(16)12(9-11)15(17,18)19/h5-6,9,20H,3-4,7-8,10H2,1-2H3. The number of nitrogens with one attached hydrogen (secondary N) is 1. The zero-order chi connectivity index (χ0) is 15.7. The molecule has 1 heterocycles. The first-order chi connectivity index (χ1) is 9.81. The zero-order valence-electron chi connectivity index (χ0n) is 12.2. The van der Waals surface area contributed by atoms with Gasteiger partial charge >= 0.3 is 6.18 Å². The van der Waals surface area contributed by atoms with E-state index >= 15 is 0 Å². The van der Waals surface area contributed by atoms with Gasteiger partial charge in [0.25, 0.3) is 0 Å². The molecule has 118 valence electrons. The number of hydrogen-bond acceptors (Lipinski definition) is 2. The van der Waals surface area contributed by atoms with E-state index in [9.17, 15) is 13.2 Å². The highest BCUT2D eigenvalue weighted by atomic mass is 35.5. The lowest BCUT2D eigenvalue weighted by atomic mass is 9.90. The lowest BCUT2D eigenvalue weighted by Gasteiger charge is -2.44. The largest absolute Gasteiger partial charge is 0.417 e. The number of halogens is 4. The molecule has 0 aliphatic carbocycles. The van der Waals surface area contributed by atoms with Crippen LogP contribution in [0.3, 0.4) is 0 Å². The van der Waals surface area contributed by atoms with Crippen LogP contribution in [0.2, 0.25) is 5.02 Å². The predicted octanol–water partition coefficient (Wildman–Crippen LogP) is 4.33. The van der Waals surface area contributed by atoms with E-state index in [-0.39, 0.29) is 10.6 Å². The van der Waals surface area contributed by atoms with Crippen molar-refractivity contribution in [1.82, 2.24) is 5.32 Å². The molecule has 1 aromatic carbocycles. The summed E-state index contributed by atoms with van der Waals surface area (Å²) in [6.45, 7) is 6.37. The monoisotopic (exact) mass is 320 g/mol. The highest BCUT2D eigenvalue weighted by Gasteiger charge is 2.35. The first kappa shape index (κ1) is 16.4. The lowest BCUT2D eigenvalue weighted by Crippen LogP contribution is -2.60. The summed E-state index contributed by atoms with van der Waals surface area (Å²) in [6, 6.07) is 4.16. The Morgan fingerprint density at radius 1 is 1.29 bits per heavy atom. The van der Waals surface area contributed by atoms with Gasteiger partial charge in [0.1, 0.15) is 0 Å². The molecule has 2 nitrogen and oxygen atoms in total. The van der Waals surface area contributed by atoms with Gasteiger partial charge in [-0.05, 0) is 31.0 Å². The third-order valence-corrected chi connectivity index (χ3v) is 4.68. The van der Waals surface area contributed by atoms with Crippen LogP contribution in [-0.4, -0.2) is 25.2 Å². The third kappa shape index (κ3) is 3.46. The Hall–Kier alpha value is -0.940. The van der Waals surface area contributed by atoms with E-state index in [0.29, 0.717) is 18.8 Å². The average molecular weight is 321 g/mol. The van der Waals surface area contributed by atoms with Crippen molar-refractivity contribution in [3.05, 3.63) is 28.8 Å². The third-order valence-electron chi connectivity index (χ3n) is 4.35. The van der Waals surface area contributed by atoms with E-state index < -0.39 is 11.7 Å². The van der Waals surface area contributed by atoms with Crippen LogP contribution in [0.4, 0.5) is 18.9 Å². The minimum atomic E-state index is -4.42. The van der Waals surface area contributed by atoms with Crippen LogP contribution in [0, 0.1) is 0 Å². The van der Waals surface area contributed by atoms with Crippen LogP contribution in [0.1, 0.15) is 32.3 Å². The Morgan fingerprint density at radius 2 is 1.95 bits per heavy atom. The van der Waals surface area contributed by atoms with Crippen LogP contribution in [0.5, 0.6) is 0 Å². The highest BCUT2D eigenvalue weighted by Crippen LogP contribution is 2.37. The van der Waals surface area contributed by atoms with E-state index in [2.05, 4.69) is 19.2 Å². The van der Waals surface area contributed by atoms with Crippen LogP contribution in [0.15, 0.2) is 18.2 Å². The molecule has 0 aromatic heterocycles. The summed E-state index contributed by atoms with van der Waals surface area (Å²) in [7, 11) is 0. The van der Waals surface area contributed by atoms with Crippen molar-refractivity contribution < 1.29 is 13.2 Å². The molecule has 0 bridgehead atoms. The highest BCUT2D eigenvalue weighted by molar-refractivity contribution is 6.31. The van der Waals surface area contributed by atoms with Crippen molar-refractivity contribution >= 4 is 17.3 Å². The molecule has 1 aliphatic heterocycles. The molecule has 21 heavy (non-hydrogen) atoms. The average Bonchev–Trinajstić information content (AvgIpc) is 2.46. The fourth-order valence-corrected chi connectivity index (χ4v) is 3.05. The molecule has 1 saturated heterocycles. The molecular weight excluding hydrogens is 301 g/mol. The summed E-state index contributed by atoms with van der Waals surface area (Å²) < 4.78 is 38.9. The van der Waals surface area contributed by atoms with Gasteiger partial charge in [0.15, 0.2) is 0 Å². The van der Waals surface area contributed by atoms with Gasteiger partial charge < -0.3 is 10.2 Å². The fourth-order valence-electron chi connectivity index (χ4n) is 2.83. The normalized spacial score (nSPS) is 18.9. The molecule has 0 radical (unpaired) electrons. The molecule has 1 N–H and O–H groups in total. The number of anilines is 1. The molecule has 2 rings (SSSR count). The second-order valence-corrected chi connectivity index (χ2v) is 5.90. The van der Waals surface area contributed by atoms with Crippen molar-refractivity contribution in [2.75, 3.05) is 24.5 Å². The predicted molar refractivity (Wildman–Crippen MR) is 80.0 cm³/mol. The molecule has 6 heteroatoms. The Bertz CT molecular complexity index is 498. The summed E-state index contributed by atoms with van der Waals surface area (Å²) in [5, 5.41) is 3.25. The van der Waals surface area contributed by atoms with Crippen molar-refractivity contribution in [1.29, 1.82) is 0 Å². The minimum absolute atomic E-state index is 0.0315. The molecular formula is C15H20ClF3N2. The van der Waals surface area contributed by atoms with Crippen LogP contribution in [0.25, 0.3) is 0 Å². The van der Waals surface area contributed by atoms with Crippen LogP contribution in [-0.2, 0) is 6.18 Å². The molecule has 0 saturated carbocycles. The van der Waals surface area contributed by atoms with Gasteiger partial charge in [0, 0.05) is 30.9 Å². The van der Waals surface area contributed by atoms with Gasteiger partial charge in [-0.3, -0.25) is 0 Å². The van der Waals surface area contributed by atoms with E-state index in [0.717, 1.165) is 25.5 Å². The van der Waals surface area contributed by atoms with Crippen molar-refractivity contribution in [3.63, 3.8) is 0 Å². The number of piperazine rings is 1. The minimum Gasteiger partial charge on any atom is -0.368 e. The van der Waals surface area contributed by atoms with Gasteiger partial charge in [0.05, 0.1) is 10.6 Å². The first-order valence-electron chi connectivity index (χ1n) is 7.18. The topological polar surface area (TPSA) is 15.3 Å². The van der Waals surface area contributed by atoms with E-state index in [1.54, 1.807) is 6.07 Å². The Labute approximate surface area is 128 Å². The quantitative estimate of drug-likeness (QED) is 0.892. The molecule has 0 atom stereocenters. The number of hydrogen-bond donors (Lipinski definition) is 1. The maximum atomic E-state index is 13.0. The van der Waals surface area contributed by atoms with Crippen molar-refractivity contribution in [2.24, 2.45) is 0 Å². The number of nitrogens with zero attached hydrogens (tertiary/aromatic N) is 1. The number of rotatable bonds is 3. The van der Waals surface area contributed by atoms with Crippen LogP contribution < -0.4 is 10.2 Å². The number of benzene rings is 1. The maximum Gasteiger partial charge on any atom is 0.417 e. The fraction of sp³-hybridized carbons (Fsp3) is 0.600. The van der Waals surface area contributed by atoms with Gasteiger partial charge in [0.2, 0.25) is 0 Å². The maximum absolute atomic E-state index is 13.0. The van der Waals surface area contributed by atoms with E-state index in [4.69, 9.17) is 11.6 Å². The van der Waals surface area contributed by atoms with Crippen LogP contribution >= 0.6 is 11.6 Å². The lowest BCUT2D eigenvalue weighted by molar-refractivity contribution is -0.137. The zero-order valence-corrected chi connectivity index (χ0v) is 13.0. The summed E-state index contributed by atoms with van der Waals surface area (Å²) in [5.41, 5.74) is -0.214. The summed E-state index contributed by atoms with van der Waals surface area (Å²) in [5.74, 6) is 0. The number of alkyl halides is 3. The van der Waals surface area contributed by atoms with Gasteiger partial charge in [-0.2, -0.15) is 13.2 Å². The molecule has 0 spiro atoms. The van der Waals surface area contributed by atoms with E-state index in [1.807, 2.05) is 4.90 Å². The van der Waals surface area contributed by atoms with Gasteiger partial charge in [-0.15, -0.1) is 0 Å². The molecule has 1 aromatic rings. The summed E-state index contributed by atoms with van der Waals surface area (Å²) in [4.78, 5) is 2.01. The Balaban J connectivity index is 2.30. The van der Waals surface area contributed by atoms with E-state index in [1.165, 1.54) is 6.07 Å². The SMILES string of the molecule is CCC1(CC)CN(c2ccc(Cl)c(C(F)(F)F)c2)CCN1. The van der Waals surface area contributed by atoms with Crippen molar-refractivity contribution in [3.8, 4) is 0 Å². The second-order valence-electron chi connectivity index (χ2n) is 5.50. The Kier molecular flexibility index (Phi) is 4.73. The Morgan fingerprint density at radius 3 is 2.52 bits per heavy atom. The molecule has 1 aliphatic rings. The smallest absolute Gasteiger partial charge is 0.368 e. The van der Waals surface area contributed by atoms with Gasteiger partial charge in [-0.1, -0.05) is 25.4 Å². The second kappa shape index (κ2) is 6.05. The molecule has 0 unspecified atom stereocenters. The van der Waals surface area contributed by atoms with Gasteiger partial charge in [-0.25, -0.2) is 0 Å².